The van der Waals surface area contributed by atoms with Gasteiger partial charge in [-0.1, -0.05) is 27.7 Å². The zero-order valence-electron chi connectivity index (χ0n) is 16.6. The maximum Gasteiger partial charge on any atom is 0.203 e. The molecule has 4 rings (SSSR count). The SMILES string of the molecule is COC1=C[C@@H](C)[C@@H]2C[C@H]3O[C@@H](O)C[C@H]4[C@@H](C)C(=O)C(O)[C@H]([C@@]2(C)C1=O)[C@@]34C. The summed E-state index contributed by atoms with van der Waals surface area (Å²) in [5.41, 5.74) is -1.48. The first-order valence-corrected chi connectivity index (χ1v) is 9.94. The molecule has 4 aliphatic rings. The van der Waals surface area contributed by atoms with Crippen molar-refractivity contribution in [3.8, 4) is 0 Å². The Bertz CT molecular complexity index is 715. The molecule has 3 aliphatic carbocycles. The minimum Gasteiger partial charge on any atom is -0.493 e. The topological polar surface area (TPSA) is 93.1 Å². The number of hydrogen-bond acceptors (Lipinski definition) is 6. The number of ketones is 2. The third-order valence-corrected chi connectivity index (χ3v) is 8.47. The van der Waals surface area contributed by atoms with Gasteiger partial charge in [0.05, 0.1) is 13.2 Å². The zero-order valence-corrected chi connectivity index (χ0v) is 16.6. The minimum absolute atomic E-state index is 0.0370. The molecule has 0 amide bonds. The van der Waals surface area contributed by atoms with Gasteiger partial charge < -0.3 is 19.7 Å². The number of hydrogen-bond donors (Lipinski definition) is 2. The highest BCUT2D eigenvalue weighted by atomic mass is 16.6. The van der Waals surface area contributed by atoms with Crippen molar-refractivity contribution >= 4 is 11.6 Å². The van der Waals surface area contributed by atoms with Crippen LogP contribution in [0.15, 0.2) is 11.8 Å². The lowest BCUT2D eigenvalue weighted by molar-refractivity contribution is -0.302. The van der Waals surface area contributed by atoms with Crippen LogP contribution in [-0.4, -0.2) is 47.4 Å². The summed E-state index contributed by atoms with van der Waals surface area (Å²) in [6, 6.07) is 0. The lowest BCUT2D eigenvalue weighted by Gasteiger charge is -2.67. The second-order valence-corrected chi connectivity index (χ2v) is 9.45. The minimum atomic E-state index is -1.22. The fourth-order valence-electron chi connectivity index (χ4n) is 7.16. The molecular weight excluding hydrogens is 348 g/mol. The molecule has 1 heterocycles. The van der Waals surface area contributed by atoms with Gasteiger partial charge in [-0.3, -0.25) is 9.59 Å². The fraction of sp³-hybridized carbons (Fsp3) is 0.810. The largest absolute Gasteiger partial charge is 0.493 e. The second-order valence-electron chi connectivity index (χ2n) is 9.45. The fourth-order valence-corrected chi connectivity index (χ4v) is 7.16. The van der Waals surface area contributed by atoms with Crippen LogP contribution in [0.5, 0.6) is 0 Å². The highest BCUT2D eigenvalue weighted by Crippen LogP contribution is 2.67. The molecule has 0 aromatic heterocycles. The standard InChI is InChI=1S/C21H30O6/c1-9-6-13(26-5)19(25)21(4)11(9)7-14-20(3)12(8-15(22)27-14)10(2)16(23)17(24)18(20)21/h6,9-12,14-15,17-18,22,24H,7-8H2,1-5H3/t9-,10-,11+,12+,14-,15-,17?,18+,20-,21+/m1/s1. The van der Waals surface area contributed by atoms with Gasteiger partial charge in [0.2, 0.25) is 5.78 Å². The molecule has 0 radical (unpaired) electrons. The summed E-state index contributed by atoms with van der Waals surface area (Å²) >= 11 is 0. The number of carbonyl (C=O) groups is 2. The first-order chi connectivity index (χ1) is 12.6. The van der Waals surface area contributed by atoms with Gasteiger partial charge in [-0.25, -0.2) is 0 Å². The molecule has 150 valence electrons. The molecular formula is C21H30O6. The summed E-state index contributed by atoms with van der Waals surface area (Å²) < 4.78 is 11.3. The van der Waals surface area contributed by atoms with E-state index in [4.69, 9.17) is 9.47 Å². The number of fused-ring (bicyclic) bond motifs is 2. The summed E-state index contributed by atoms with van der Waals surface area (Å²) in [6.07, 6.45) is 0.373. The molecule has 2 saturated carbocycles. The van der Waals surface area contributed by atoms with Crippen LogP contribution in [0.3, 0.4) is 0 Å². The maximum absolute atomic E-state index is 13.5. The van der Waals surface area contributed by atoms with Gasteiger partial charge in [-0.15, -0.1) is 0 Å². The van der Waals surface area contributed by atoms with Gasteiger partial charge in [-0.2, -0.15) is 0 Å². The highest BCUT2D eigenvalue weighted by molar-refractivity contribution is 6.00. The van der Waals surface area contributed by atoms with E-state index in [0.717, 1.165) is 0 Å². The van der Waals surface area contributed by atoms with E-state index >= 15 is 0 Å². The summed E-state index contributed by atoms with van der Waals surface area (Å²) in [6.45, 7) is 7.79. The molecule has 1 unspecified atom stereocenters. The van der Waals surface area contributed by atoms with Crippen molar-refractivity contribution in [3.05, 3.63) is 11.8 Å². The Kier molecular flexibility index (Phi) is 4.16. The van der Waals surface area contributed by atoms with Crippen LogP contribution >= 0.6 is 0 Å². The summed E-state index contributed by atoms with van der Waals surface area (Å²) in [7, 11) is 1.49. The number of ether oxygens (including phenoxy) is 2. The van der Waals surface area contributed by atoms with E-state index in [1.54, 1.807) is 0 Å². The summed E-state index contributed by atoms with van der Waals surface area (Å²) in [5, 5.41) is 21.4. The zero-order chi connectivity index (χ0) is 19.9. The van der Waals surface area contributed by atoms with E-state index in [0.29, 0.717) is 18.6 Å². The van der Waals surface area contributed by atoms with Crippen LogP contribution in [0.1, 0.15) is 40.5 Å². The van der Waals surface area contributed by atoms with Gasteiger partial charge in [0.1, 0.15) is 6.10 Å². The molecule has 0 bridgehead atoms. The highest BCUT2D eigenvalue weighted by Gasteiger charge is 2.72. The molecule has 6 heteroatoms. The van der Waals surface area contributed by atoms with Crippen LogP contribution in [0, 0.1) is 40.4 Å². The van der Waals surface area contributed by atoms with Gasteiger partial charge in [-0.05, 0) is 30.3 Å². The molecule has 10 atom stereocenters. The van der Waals surface area contributed by atoms with Crippen molar-refractivity contribution in [1.29, 1.82) is 0 Å². The molecule has 1 saturated heterocycles. The van der Waals surface area contributed by atoms with Crippen molar-refractivity contribution < 1.29 is 29.3 Å². The summed E-state index contributed by atoms with van der Waals surface area (Å²) in [5.74, 6) is -1.18. The third-order valence-electron chi connectivity index (χ3n) is 8.47. The number of methoxy groups -OCH3 is 1. The van der Waals surface area contributed by atoms with Gasteiger partial charge in [0.25, 0.3) is 0 Å². The van der Waals surface area contributed by atoms with Crippen molar-refractivity contribution in [3.63, 3.8) is 0 Å². The number of allylic oxidation sites excluding steroid dienone is 2. The van der Waals surface area contributed by atoms with Crippen molar-refractivity contribution in [2.45, 2.75) is 59.0 Å². The van der Waals surface area contributed by atoms with Crippen LogP contribution in [0.2, 0.25) is 0 Å². The lowest BCUT2D eigenvalue weighted by Crippen LogP contribution is -2.73. The average Bonchev–Trinajstić information content (AvgIpc) is 2.61. The molecule has 6 nitrogen and oxygen atoms in total. The first kappa shape index (κ1) is 19.1. The molecule has 3 fully saturated rings. The van der Waals surface area contributed by atoms with E-state index in [1.807, 2.05) is 33.8 Å². The Morgan fingerprint density at radius 3 is 2.44 bits per heavy atom. The van der Waals surface area contributed by atoms with Crippen molar-refractivity contribution in [1.82, 2.24) is 0 Å². The normalized spacial score (nSPS) is 54.7. The smallest absolute Gasteiger partial charge is 0.203 e. The number of Topliss-reactive ketones (excluding diaryl/α,β-unsaturated/α-hetero) is 2. The van der Waals surface area contributed by atoms with Gasteiger partial charge in [0.15, 0.2) is 17.8 Å². The Morgan fingerprint density at radius 1 is 1.15 bits per heavy atom. The predicted molar refractivity (Wildman–Crippen MR) is 96.2 cm³/mol. The Balaban J connectivity index is 1.93. The molecule has 0 aromatic rings. The Hall–Kier alpha value is -1.24. The van der Waals surface area contributed by atoms with Crippen LogP contribution < -0.4 is 0 Å². The average molecular weight is 378 g/mol. The Labute approximate surface area is 159 Å². The number of rotatable bonds is 1. The molecule has 27 heavy (non-hydrogen) atoms. The third kappa shape index (κ3) is 2.18. The van der Waals surface area contributed by atoms with Crippen molar-refractivity contribution in [2.75, 3.05) is 7.11 Å². The van der Waals surface area contributed by atoms with Crippen LogP contribution in [-0.2, 0) is 19.1 Å². The maximum atomic E-state index is 13.5. The predicted octanol–water partition coefficient (Wildman–Crippen LogP) is 1.69. The number of aliphatic hydroxyl groups excluding tert-OH is 2. The first-order valence-electron chi connectivity index (χ1n) is 9.94. The molecule has 0 aromatic carbocycles. The molecule has 1 aliphatic heterocycles. The van der Waals surface area contributed by atoms with Crippen LogP contribution in [0.4, 0.5) is 0 Å². The van der Waals surface area contributed by atoms with Crippen LogP contribution in [0.25, 0.3) is 0 Å². The van der Waals surface area contributed by atoms with E-state index in [1.165, 1.54) is 7.11 Å². The summed E-state index contributed by atoms with van der Waals surface area (Å²) in [4.78, 5) is 26.4. The Morgan fingerprint density at radius 2 is 1.81 bits per heavy atom. The van der Waals surface area contributed by atoms with E-state index in [2.05, 4.69) is 0 Å². The lowest BCUT2D eigenvalue weighted by atomic mass is 9.38. The molecule has 2 N–H and O–H groups in total. The van der Waals surface area contributed by atoms with E-state index in [-0.39, 0.29) is 41.3 Å². The number of carbonyl (C=O) groups excluding carboxylic acids is 2. The second kappa shape index (κ2) is 5.88. The van der Waals surface area contributed by atoms with E-state index < -0.39 is 29.1 Å². The van der Waals surface area contributed by atoms with E-state index in [9.17, 15) is 19.8 Å². The molecule has 0 spiro atoms. The van der Waals surface area contributed by atoms with Gasteiger partial charge >= 0.3 is 0 Å². The number of aliphatic hydroxyl groups is 2. The quantitative estimate of drug-likeness (QED) is 0.721. The van der Waals surface area contributed by atoms with Crippen molar-refractivity contribution in [2.24, 2.45) is 40.4 Å². The van der Waals surface area contributed by atoms with Gasteiger partial charge in [0, 0.05) is 29.1 Å². The monoisotopic (exact) mass is 378 g/mol.